The third-order valence-corrected chi connectivity index (χ3v) is 1.52. The highest BCUT2D eigenvalue weighted by Crippen LogP contribution is 2.14. The first-order valence-corrected chi connectivity index (χ1v) is 3.48. The van der Waals surface area contributed by atoms with Crippen molar-refractivity contribution in [3.05, 3.63) is 23.5 Å². The molecule has 1 rings (SSSR count). The van der Waals surface area contributed by atoms with Crippen LogP contribution in [0.5, 0.6) is 5.75 Å². The number of ether oxygens (including phenoxy) is 1. The van der Waals surface area contributed by atoms with Crippen LogP contribution in [0.1, 0.15) is 11.4 Å². The monoisotopic (exact) mass is 224 g/mol. The quantitative estimate of drug-likeness (QED) is 0.833. The standard InChI is InChI=1S/C8H12N2O.2ClH/c1-6-8(11-2)4-3-7(5-9)10-6;;/h3-4H,5,9H2,1-2H3;2*1H. The molecule has 0 bridgehead atoms. The van der Waals surface area contributed by atoms with E-state index in [4.69, 9.17) is 10.5 Å². The number of aryl methyl sites for hydroxylation is 1. The van der Waals surface area contributed by atoms with Crippen LogP contribution in [0.2, 0.25) is 0 Å². The van der Waals surface area contributed by atoms with Crippen LogP contribution in [0.4, 0.5) is 0 Å². The minimum atomic E-state index is 0. The number of halogens is 2. The molecule has 2 N–H and O–H groups in total. The van der Waals surface area contributed by atoms with Crippen LogP contribution in [-0.2, 0) is 6.54 Å². The average molecular weight is 225 g/mol. The van der Waals surface area contributed by atoms with E-state index in [9.17, 15) is 0 Å². The van der Waals surface area contributed by atoms with Gasteiger partial charge in [-0.25, -0.2) is 0 Å². The maximum Gasteiger partial charge on any atom is 0.140 e. The normalized spacial score (nSPS) is 8.23. The number of rotatable bonds is 2. The van der Waals surface area contributed by atoms with Crippen molar-refractivity contribution in [2.45, 2.75) is 13.5 Å². The molecule has 0 radical (unpaired) electrons. The third-order valence-electron chi connectivity index (χ3n) is 1.52. The van der Waals surface area contributed by atoms with Crippen LogP contribution >= 0.6 is 24.8 Å². The van der Waals surface area contributed by atoms with Gasteiger partial charge in [0.05, 0.1) is 18.5 Å². The molecule has 0 saturated heterocycles. The summed E-state index contributed by atoms with van der Waals surface area (Å²) in [6.07, 6.45) is 0. The molecule has 0 spiro atoms. The van der Waals surface area contributed by atoms with Crippen LogP contribution in [0.25, 0.3) is 0 Å². The van der Waals surface area contributed by atoms with E-state index in [0.717, 1.165) is 17.1 Å². The van der Waals surface area contributed by atoms with Crippen molar-refractivity contribution >= 4 is 24.8 Å². The molecule has 5 heteroatoms. The van der Waals surface area contributed by atoms with Crippen LogP contribution < -0.4 is 10.5 Å². The summed E-state index contributed by atoms with van der Waals surface area (Å²) in [4.78, 5) is 4.21. The Kier molecular flexibility index (Phi) is 8.01. The van der Waals surface area contributed by atoms with Crippen LogP contribution in [-0.4, -0.2) is 12.1 Å². The van der Waals surface area contributed by atoms with Gasteiger partial charge in [-0.1, -0.05) is 0 Å². The van der Waals surface area contributed by atoms with Crippen molar-refractivity contribution in [1.82, 2.24) is 4.98 Å². The number of methoxy groups -OCH3 is 1. The van der Waals surface area contributed by atoms with E-state index in [2.05, 4.69) is 4.98 Å². The van der Waals surface area contributed by atoms with E-state index in [0.29, 0.717) is 6.54 Å². The first kappa shape index (κ1) is 15.0. The summed E-state index contributed by atoms with van der Waals surface area (Å²) in [5.41, 5.74) is 7.18. The lowest BCUT2D eigenvalue weighted by molar-refractivity contribution is 0.409. The number of nitrogens with two attached hydrogens (primary N) is 1. The van der Waals surface area contributed by atoms with E-state index in [-0.39, 0.29) is 24.8 Å². The van der Waals surface area contributed by atoms with Gasteiger partial charge in [0, 0.05) is 6.54 Å². The molecule has 0 aliphatic heterocycles. The van der Waals surface area contributed by atoms with Crippen molar-refractivity contribution in [2.24, 2.45) is 5.73 Å². The van der Waals surface area contributed by atoms with Gasteiger partial charge in [0.1, 0.15) is 5.75 Å². The van der Waals surface area contributed by atoms with Crippen molar-refractivity contribution in [3.63, 3.8) is 0 Å². The van der Waals surface area contributed by atoms with E-state index >= 15 is 0 Å². The fraction of sp³-hybridized carbons (Fsp3) is 0.375. The molecule has 1 aromatic heterocycles. The number of pyridine rings is 1. The fourth-order valence-corrected chi connectivity index (χ4v) is 0.930. The smallest absolute Gasteiger partial charge is 0.140 e. The Morgan fingerprint density at radius 1 is 1.38 bits per heavy atom. The van der Waals surface area contributed by atoms with Gasteiger partial charge in [-0.15, -0.1) is 24.8 Å². The van der Waals surface area contributed by atoms with Gasteiger partial charge in [-0.05, 0) is 19.1 Å². The molecule has 13 heavy (non-hydrogen) atoms. The summed E-state index contributed by atoms with van der Waals surface area (Å²) in [5, 5.41) is 0. The Morgan fingerprint density at radius 2 is 2.00 bits per heavy atom. The summed E-state index contributed by atoms with van der Waals surface area (Å²) in [5.74, 6) is 0.808. The molecule has 1 heterocycles. The molecule has 3 nitrogen and oxygen atoms in total. The first-order chi connectivity index (χ1) is 5.27. The highest BCUT2D eigenvalue weighted by Gasteiger charge is 1.98. The Balaban J connectivity index is 0. The molecule has 0 saturated carbocycles. The maximum atomic E-state index is 5.41. The Morgan fingerprint density at radius 3 is 2.38 bits per heavy atom. The molecular formula is C8H14Cl2N2O. The molecule has 76 valence electrons. The van der Waals surface area contributed by atoms with Gasteiger partial charge in [0.2, 0.25) is 0 Å². The average Bonchev–Trinajstić information content (AvgIpc) is 2.04. The van der Waals surface area contributed by atoms with Gasteiger partial charge >= 0.3 is 0 Å². The SMILES string of the molecule is COc1ccc(CN)nc1C.Cl.Cl. The minimum absolute atomic E-state index is 0. The molecule has 0 amide bonds. The lowest BCUT2D eigenvalue weighted by atomic mass is 10.3. The number of hydrogen-bond acceptors (Lipinski definition) is 3. The Bertz CT molecular complexity index is 256. The topological polar surface area (TPSA) is 48.1 Å². The summed E-state index contributed by atoms with van der Waals surface area (Å²) < 4.78 is 5.04. The van der Waals surface area contributed by atoms with Gasteiger partial charge in [-0.3, -0.25) is 4.98 Å². The van der Waals surface area contributed by atoms with Crippen LogP contribution in [0.3, 0.4) is 0 Å². The number of nitrogens with zero attached hydrogens (tertiary/aromatic N) is 1. The van der Waals surface area contributed by atoms with Crippen molar-refractivity contribution in [3.8, 4) is 5.75 Å². The molecule has 1 aromatic rings. The second-order valence-corrected chi connectivity index (χ2v) is 2.29. The second kappa shape index (κ2) is 6.95. The molecule has 0 aliphatic rings. The first-order valence-electron chi connectivity index (χ1n) is 3.48. The summed E-state index contributed by atoms with van der Waals surface area (Å²) in [7, 11) is 1.63. The Hall–Kier alpha value is -0.510. The zero-order chi connectivity index (χ0) is 8.27. The summed E-state index contributed by atoms with van der Waals surface area (Å²) >= 11 is 0. The molecule has 0 atom stereocenters. The predicted molar refractivity (Wildman–Crippen MR) is 57.9 cm³/mol. The summed E-state index contributed by atoms with van der Waals surface area (Å²) in [6, 6.07) is 3.75. The highest BCUT2D eigenvalue weighted by molar-refractivity contribution is 5.85. The fourth-order valence-electron chi connectivity index (χ4n) is 0.930. The lowest BCUT2D eigenvalue weighted by Crippen LogP contribution is -2.01. The van der Waals surface area contributed by atoms with Gasteiger partial charge in [0.25, 0.3) is 0 Å². The highest BCUT2D eigenvalue weighted by atomic mass is 35.5. The lowest BCUT2D eigenvalue weighted by Gasteiger charge is -2.03. The second-order valence-electron chi connectivity index (χ2n) is 2.29. The Labute approximate surface area is 90.5 Å². The minimum Gasteiger partial charge on any atom is -0.495 e. The molecule has 0 aliphatic carbocycles. The predicted octanol–water partition coefficient (Wildman–Crippen LogP) is 1.70. The summed E-state index contributed by atoms with van der Waals surface area (Å²) in [6.45, 7) is 2.38. The maximum absolute atomic E-state index is 5.41. The van der Waals surface area contributed by atoms with E-state index in [1.165, 1.54) is 0 Å². The number of hydrogen-bond donors (Lipinski definition) is 1. The van der Waals surface area contributed by atoms with Gasteiger partial charge in [-0.2, -0.15) is 0 Å². The largest absolute Gasteiger partial charge is 0.495 e. The van der Waals surface area contributed by atoms with E-state index < -0.39 is 0 Å². The van der Waals surface area contributed by atoms with E-state index in [1.807, 2.05) is 19.1 Å². The molecule has 0 unspecified atom stereocenters. The van der Waals surface area contributed by atoms with Crippen molar-refractivity contribution in [2.75, 3.05) is 7.11 Å². The van der Waals surface area contributed by atoms with Gasteiger partial charge < -0.3 is 10.5 Å². The molecular weight excluding hydrogens is 211 g/mol. The number of aromatic nitrogens is 1. The zero-order valence-electron chi connectivity index (χ0n) is 7.61. The van der Waals surface area contributed by atoms with Crippen LogP contribution in [0, 0.1) is 6.92 Å². The molecule has 0 aromatic carbocycles. The van der Waals surface area contributed by atoms with E-state index in [1.54, 1.807) is 7.11 Å². The zero-order valence-corrected chi connectivity index (χ0v) is 9.24. The van der Waals surface area contributed by atoms with Crippen LogP contribution in [0.15, 0.2) is 12.1 Å². The third kappa shape index (κ3) is 3.81. The molecule has 0 fully saturated rings. The van der Waals surface area contributed by atoms with Crippen molar-refractivity contribution in [1.29, 1.82) is 0 Å². The van der Waals surface area contributed by atoms with Crippen molar-refractivity contribution < 1.29 is 4.74 Å². The van der Waals surface area contributed by atoms with Gasteiger partial charge in [0.15, 0.2) is 0 Å².